The lowest BCUT2D eigenvalue weighted by molar-refractivity contribution is -0.121. The first-order valence-electron chi connectivity index (χ1n) is 7.91. The van der Waals surface area contributed by atoms with Crippen LogP contribution in [0.5, 0.6) is 0 Å². The lowest BCUT2D eigenvalue weighted by Gasteiger charge is -2.28. The van der Waals surface area contributed by atoms with Gasteiger partial charge in [-0.15, -0.1) is 11.8 Å². The van der Waals surface area contributed by atoms with Gasteiger partial charge in [-0.3, -0.25) is 9.59 Å². The predicted molar refractivity (Wildman–Crippen MR) is 94.0 cm³/mol. The van der Waals surface area contributed by atoms with E-state index in [1.54, 1.807) is 29.2 Å². The van der Waals surface area contributed by atoms with Crippen molar-refractivity contribution in [3.05, 3.63) is 43.0 Å². The van der Waals surface area contributed by atoms with Gasteiger partial charge in [0.15, 0.2) is 0 Å². The lowest BCUT2D eigenvalue weighted by atomic mass is 10.2. The first-order valence-corrected chi connectivity index (χ1v) is 8.89. The van der Waals surface area contributed by atoms with Gasteiger partial charge in [-0.1, -0.05) is 12.1 Å². The van der Waals surface area contributed by atoms with Gasteiger partial charge < -0.3 is 14.8 Å². The molecule has 2 heterocycles. The molecule has 24 heavy (non-hydrogen) atoms. The molecule has 0 unspecified atom stereocenters. The molecule has 2 aromatic rings. The van der Waals surface area contributed by atoms with Crippen LogP contribution in [0.1, 0.15) is 13.3 Å². The fraction of sp³-hybridized carbons (Fsp3) is 0.353. The molecule has 1 N–H and O–H groups in total. The van der Waals surface area contributed by atoms with E-state index < -0.39 is 0 Å². The Hall–Kier alpha value is -2.28. The number of hydrogen-bond acceptors (Lipinski definition) is 4. The van der Waals surface area contributed by atoms with Crippen LogP contribution in [0, 0.1) is 0 Å². The van der Waals surface area contributed by atoms with E-state index in [2.05, 4.69) is 10.3 Å². The van der Waals surface area contributed by atoms with E-state index in [0.717, 1.165) is 10.6 Å². The van der Waals surface area contributed by atoms with Gasteiger partial charge in [-0.25, -0.2) is 4.98 Å². The summed E-state index contributed by atoms with van der Waals surface area (Å²) < 4.78 is 1.92. The number of rotatable bonds is 6. The monoisotopic (exact) mass is 344 g/mol. The largest absolute Gasteiger partial charge is 0.352 e. The highest BCUT2D eigenvalue weighted by atomic mass is 32.2. The highest BCUT2D eigenvalue weighted by Crippen LogP contribution is 2.34. The van der Waals surface area contributed by atoms with Crippen LogP contribution in [0.3, 0.4) is 0 Å². The van der Waals surface area contributed by atoms with Crippen molar-refractivity contribution in [2.45, 2.75) is 30.8 Å². The molecule has 0 fully saturated rings. The van der Waals surface area contributed by atoms with Gasteiger partial charge in [0.2, 0.25) is 11.8 Å². The number of thioether (sulfide) groups is 1. The zero-order valence-corrected chi connectivity index (χ0v) is 14.3. The Morgan fingerprint density at radius 3 is 3.04 bits per heavy atom. The maximum atomic E-state index is 12.2. The summed E-state index contributed by atoms with van der Waals surface area (Å²) in [5, 5.41) is 2.97. The van der Waals surface area contributed by atoms with Crippen LogP contribution < -0.4 is 10.2 Å². The second kappa shape index (κ2) is 7.53. The Morgan fingerprint density at radius 2 is 2.25 bits per heavy atom. The van der Waals surface area contributed by atoms with E-state index in [0.29, 0.717) is 25.3 Å². The van der Waals surface area contributed by atoms with Crippen LogP contribution in [-0.4, -0.2) is 39.7 Å². The van der Waals surface area contributed by atoms with Gasteiger partial charge in [0.25, 0.3) is 0 Å². The second-order valence-corrected chi connectivity index (χ2v) is 6.80. The number of anilines is 1. The summed E-state index contributed by atoms with van der Waals surface area (Å²) in [5.74, 6) is 0.430. The van der Waals surface area contributed by atoms with Gasteiger partial charge in [0, 0.05) is 42.8 Å². The molecule has 1 atom stereocenters. The number of aromatic nitrogens is 2. The molecule has 0 saturated heterocycles. The molecule has 1 aliphatic heterocycles. The molecule has 1 aromatic heterocycles. The molecule has 3 rings (SSSR count). The minimum atomic E-state index is -0.0499. The Bertz CT molecular complexity index is 717. The quantitative estimate of drug-likeness (QED) is 0.869. The summed E-state index contributed by atoms with van der Waals surface area (Å²) in [7, 11) is 0. The van der Waals surface area contributed by atoms with E-state index in [-0.39, 0.29) is 17.9 Å². The Balaban J connectivity index is 1.53. The summed E-state index contributed by atoms with van der Waals surface area (Å²) in [6, 6.07) is 7.82. The molecular formula is C17H20N4O2S. The molecular weight excluding hydrogens is 324 g/mol. The standard InChI is InChI=1S/C17H20N4O2S/c1-13(10-20-9-7-18-12-20)19-16(22)6-8-21-14-4-2-3-5-15(14)24-11-17(21)23/h2-5,7,9,12-13H,6,8,10-11H2,1H3,(H,19,22)/t13-/m0/s1. The number of amides is 2. The molecule has 126 valence electrons. The topological polar surface area (TPSA) is 67.2 Å². The number of fused-ring (bicyclic) bond motifs is 1. The van der Waals surface area contributed by atoms with E-state index >= 15 is 0 Å². The molecule has 2 amide bonds. The zero-order chi connectivity index (χ0) is 16.9. The van der Waals surface area contributed by atoms with E-state index in [4.69, 9.17) is 0 Å². The molecule has 0 saturated carbocycles. The van der Waals surface area contributed by atoms with Crippen molar-refractivity contribution in [2.24, 2.45) is 0 Å². The summed E-state index contributed by atoms with van der Waals surface area (Å²) in [6.45, 7) is 3.03. The van der Waals surface area contributed by atoms with Gasteiger partial charge in [-0.05, 0) is 19.1 Å². The predicted octanol–water partition coefficient (Wildman–Crippen LogP) is 1.92. The van der Waals surface area contributed by atoms with Crippen LogP contribution in [0.15, 0.2) is 47.9 Å². The molecule has 0 radical (unpaired) electrons. The van der Waals surface area contributed by atoms with Crippen LogP contribution in [-0.2, 0) is 16.1 Å². The molecule has 1 aliphatic rings. The number of benzene rings is 1. The summed E-state index contributed by atoms with van der Waals surface area (Å²) in [4.78, 5) is 31.1. The SMILES string of the molecule is C[C@@H](Cn1ccnc1)NC(=O)CCN1C(=O)CSc2ccccc21. The van der Waals surface area contributed by atoms with E-state index in [1.165, 1.54) is 0 Å². The lowest BCUT2D eigenvalue weighted by Crippen LogP contribution is -2.40. The number of carbonyl (C=O) groups is 2. The number of nitrogens with one attached hydrogen (secondary N) is 1. The van der Waals surface area contributed by atoms with E-state index in [1.807, 2.05) is 42.0 Å². The third kappa shape index (κ3) is 3.97. The van der Waals surface area contributed by atoms with Gasteiger partial charge in [0.1, 0.15) is 0 Å². The van der Waals surface area contributed by atoms with Crippen molar-refractivity contribution < 1.29 is 9.59 Å². The zero-order valence-electron chi connectivity index (χ0n) is 13.5. The van der Waals surface area contributed by atoms with Crippen LogP contribution in [0.2, 0.25) is 0 Å². The van der Waals surface area contributed by atoms with Crippen LogP contribution in [0.25, 0.3) is 0 Å². The Morgan fingerprint density at radius 1 is 1.42 bits per heavy atom. The highest BCUT2D eigenvalue weighted by molar-refractivity contribution is 8.00. The van der Waals surface area contributed by atoms with Crippen molar-refractivity contribution >= 4 is 29.3 Å². The number of hydrogen-bond donors (Lipinski definition) is 1. The van der Waals surface area contributed by atoms with Crippen molar-refractivity contribution in [1.82, 2.24) is 14.9 Å². The van der Waals surface area contributed by atoms with Crippen LogP contribution >= 0.6 is 11.8 Å². The maximum absolute atomic E-state index is 12.2. The fourth-order valence-electron chi connectivity index (χ4n) is 2.72. The molecule has 7 heteroatoms. The highest BCUT2D eigenvalue weighted by Gasteiger charge is 2.24. The van der Waals surface area contributed by atoms with Crippen molar-refractivity contribution in [2.75, 3.05) is 17.2 Å². The number of nitrogens with zero attached hydrogens (tertiary/aromatic N) is 3. The normalized spacial score (nSPS) is 15.0. The summed E-state index contributed by atoms with van der Waals surface area (Å²) in [5.41, 5.74) is 0.901. The molecule has 1 aromatic carbocycles. The van der Waals surface area contributed by atoms with Gasteiger partial charge in [0.05, 0.1) is 17.8 Å². The fourth-order valence-corrected chi connectivity index (χ4v) is 3.65. The van der Waals surface area contributed by atoms with E-state index in [9.17, 15) is 9.59 Å². The van der Waals surface area contributed by atoms with Crippen LogP contribution in [0.4, 0.5) is 5.69 Å². The van der Waals surface area contributed by atoms with Crippen molar-refractivity contribution in [3.63, 3.8) is 0 Å². The summed E-state index contributed by atoms with van der Waals surface area (Å²) in [6.07, 6.45) is 5.60. The third-order valence-corrected chi connectivity index (χ3v) is 4.87. The smallest absolute Gasteiger partial charge is 0.237 e. The Labute approximate surface area is 145 Å². The third-order valence-electron chi connectivity index (χ3n) is 3.82. The molecule has 0 aliphatic carbocycles. The Kier molecular flexibility index (Phi) is 5.20. The first-order chi connectivity index (χ1) is 11.6. The minimum absolute atomic E-state index is 0.00611. The van der Waals surface area contributed by atoms with Gasteiger partial charge in [-0.2, -0.15) is 0 Å². The molecule has 0 spiro atoms. The number of para-hydroxylation sites is 1. The summed E-state index contributed by atoms with van der Waals surface area (Å²) >= 11 is 1.55. The molecule has 6 nitrogen and oxygen atoms in total. The average molecular weight is 344 g/mol. The maximum Gasteiger partial charge on any atom is 0.237 e. The average Bonchev–Trinajstić information content (AvgIpc) is 3.06. The number of imidazole rings is 1. The van der Waals surface area contributed by atoms with Crippen molar-refractivity contribution in [1.29, 1.82) is 0 Å². The number of carbonyl (C=O) groups excluding carboxylic acids is 2. The van der Waals surface area contributed by atoms with Gasteiger partial charge >= 0.3 is 0 Å². The second-order valence-electron chi connectivity index (χ2n) is 5.78. The minimum Gasteiger partial charge on any atom is -0.352 e. The molecule has 0 bridgehead atoms. The first kappa shape index (κ1) is 16.6. The van der Waals surface area contributed by atoms with Crippen molar-refractivity contribution in [3.8, 4) is 0 Å².